The minimum Gasteiger partial charge on any atom is -0.503 e. The molecule has 0 fully saturated rings. The Bertz CT molecular complexity index is 1060. The van der Waals surface area contributed by atoms with Crippen molar-refractivity contribution in [1.29, 1.82) is 0 Å². The number of aliphatic hydroxyl groups excluding tert-OH is 1. The molecule has 31 heavy (non-hydrogen) atoms. The molecule has 162 valence electrons. The van der Waals surface area contributed by atoms with Gasteiger partial charge in [0.25, 0.3) is 5.91 Å². The van der Waals surface area contributed by atoms with Crippen molar-refractivity contribution in [2.45, 2.75) is 33.7 Å². The summed E-state index contributed by atoms with van der Waals surface area (Å²) in [6.45, 7) is 6.49. The first-order valence-corrected chi connectivity index (χ1v) is 9.78. The number of carbonyl (C=O) groups is 3. The van der Waals surface area contributed by atoms with E-state index in [4.69, 9.17) is 9.47 Å². The molecule has 1 aliphatic heterocycles. The van der Waals surface area contributed by atoms with Gasteiger partial charge in [0.15, 0.2) is 11.5 Å². The van der Waals surface area contributed by atoms with Gasteiger partial charge in [0.2, 0.25) is 0 Å². The summed E-state index contributed by atoms with van der Waals surface area (Å²) in [5, 5.41) is 10.7. The Hall–Kier alpha value is -3.61. The van der Waals surface area contributed by atoms with Crippen LogP contribution in [0.25, 0.3) is 0 Å². The zero-order valence-corrected chi connectivity index (χ0v) is 18.1. The molecule has 7 nitrogen and oxygen atoms in total. The van der Waals surface area contributed by atoms with Gasteiger partial charge in [-0.3, -0.25) is 19.3 Å². The van der Waals surface area contributed by atoms with Gasteiger partial charge in [-0.2, -0.15) is 0 Å². The van der Waals surface area contributed by atoms with Crippen molar-refractivity contribution in [2.75, 3.05) is 12.0 Å². The Labute approximate surface area is 180 Å². The Morgan fingerprint density at radius 2 is 1.68 bits per heavy atom. The number of nitrogens with zero attached hydrogens (tertiary/aromatic N) is 1. The number of anilines is 1. The Kier molecular flexibility index (Phi) is 5.88. The molecule has 7 heteroatoms. The number of ether oxygens (including phenoxy) is 2. The quantitative estimate of drug-likeness (QED) is 0.574. The van der Waals surface area contributed by atoms with E-state index >= 15 is 0 Å². The topological polar surface area (TPSA) is 93.1 Å². The van der Waals surface area contributed by atoms with E-state index in [2.05, 4.69) is 0 Å². The average Bonchev–Trinajstić information content (AvgIpc) is 2.97. The van der Waals surface area contributed by atoms with Crippen molar-refractivity contribution in [3.05, 3.63) is 65.4 Å². The molecule has 0 aliphatic carbocycles. The largest absolute Gasteiger partial charge is 0.503 e. The summed E-state index contributed by atoms with van der Waals surface area (Å²) >= 11 is 0. The monoisotopic (exact) mass is 423 g/mol. The van der Waals surface area contributed by atoms with Crippen LogP contribution in [0.3, 0.4) is 0 Å². The molecule has 2 aromatic rings. The first-order chi connectivity index (χ1) is 14.5. The maximum atomic E-state index is 13.2. The molecule has 3 rings (SSSR count). The number of hydrogen-bond donors (Lipinski definition) is 1. The lowest BCUT2D eigenvalue weighted by Crippen LogP contribution is -2.32. The van der Waals surface area contributed by atoms with E-state index < -0.39 is 29.1 Å². The third-order valence-electron chi connectivity index (χ3n) is 4.92. The summed E-state index contributed by atoms with van der Waals surface area (Å²) in [4.78, 5) is 38.9. The molecule has 1 N–H and O–H groups in total. The molecule has 1 heterocycles. The van der Waals surface area contributed by atoms with E-state index in [1.807, 2.05) is 0 Å². The summed E-state index contributed by atoms with van der Waals surface area (Å²) in [5.41, 5.74) is 0.273. The highest BCUT2D eigenvalue weighted by Crippen LogP contribution is 2.44. The summed E-state index contributed by atoms with van der Waals surface area (Å²) in [7, 11) is 1.51. The fourth-order valence-electron chi connectivity index (χ4n) is 3.47. The van der Waals surface area contributed by atoms with Gasteiger partial charge in [-0.15, -0.1) is 0 Å². The molecule has 0 saturated heterocycles. The smallest absolute Gasteiger partial charge is 0.308 e. The fourth-order valence-corrected chi connectivity index (χ4v) is 3.47. The summed E-state index contributed by atoms with van der Waals surface area (Å²) in [6.07, 6.45) is 0. The SMILES string of the molecule is COc1cccc(N2C(=O)C(O)=C(C(=O)C(C)(C)C)C2c2ccc(OC(C)=O)cc2)c1. The van der Waals surface area contributed by atoms with Crippen LogP contribution in [0, 0.1) is 5.41 Å². The van der Waals surface area contributed by atoms with E-state index in [0.717, 1.165) is 0 Å². The molecule has 1 aliphatic rings. The van der Waals surface area contributed by atoms with Crippen LogP contribution >= 0.6 is 0 Å². The van der Waals surface area contributed by atoms with E-state index in [-0.39, 0.29) is 11.4 Å². The van der Waals surface area contributed by atoms with Crippen molar-refractivity contribution in [1.82, 2.24) is 0 Å². The van der Waals surface area contributed by atoms with Crippen molar-refractivity contribution in [3.8, 4) is 11.5 Å². The molecule has 1 atom stereocenters. The number of amides is 1. The Morgan fingerprint density at radius 1 is 1.03 bits per heavy atom. The lowest BCUT2D eigenvalue weighted by molar-refractivity contribution is -0.132. The second kappa shape index (κ2) is 8.26. The van der Waals surface area contributed by atoms with Crippen LogP contribution in [0.2, 0.25) is 0 Å². The van der Waals surface area contributed by atoms with Gasteiger partial charge in [-0.05, 0) is 29.8 Å². The van der Waals surface area contributed by atoms with E-state index in [1.54, 1.807) is 69.3 Å². The fraction of sp³-hybridized carbons (Fsp3) is 0.292. The number of esters is 1. The van der Waals surface area contributed by atoms with Crippen molar-refractivity contribution < 1.29 is 29.0 Å². The molecule has 0 radical (unpaired) electrons. The molecule has 0 bridgehead atoms. The molecular formula is C24H25NO6. The number of rotatable bonds is 5. The zero-order valence-electron chi connectivity index (χ0n) is 18.1. The van der Waals surface area contributed by atoms with Gasteiger partial charge in [-0.1, -0.05) is 39.0 Å². The van der Waals surface area contributed by atoms with Gasteiger partial charge in [0.1, 0.15) is 11.5 Å². The van der Waals surface area contributed by atoms with Gasteiger partial charge < -0.3 is 14.6 Å². The number of benzene rings is 2. The second-order valence-electron chi connectivity index (χ2n) is 8.28. The van der Waals surface area contributed by atoms with Crippen LogP contribution in [0.15, 0.2) is 59.9 Å². The summed E-state index contributed by atoms with van der Waals surface area (Å²) in [5.74, 6) is -1.16. The van der Waals surface area contributed by atoms with Crippen LogP contribution in [0.4, 0.5) is 5.69 Å². The summed E-state index contributed by atoms with van der Waals surface area (Å²) < 4.78 is 10.3. The lowest BCUT2D eigenvalue weighted by atomic mass is 9.82. The highest BCUT2D eigenvalue weighted by Gasteiger charge is 2.46. The van der Waals surface area contributed by atoms with Crippen LogP contribution in [-0.2, 0) is 14.4 Å². The molecular weight excluding hydrogens is 398 g/mol. The molecule has 2 aromatic carbocycles. The van der Waals surface area contributed by atoms with E-state index in [9.17, 15) is 19.5 Å². The molecule has 1 amide bonds. The normalized spacial score (nSPS) is 16.5. The minimum absolute atomic E-state index is 0.0283. The zero-order chi connectivity index (χ0) is 22.9. The van der Waals surface area contributed by atoms with Gasteiger partial charge in [0, 0.05) is 24.1 Å². The predicted molar refractivity (Wildman–Crippen MR) is 115 cm³/mol. The van der Waals surface area contributed by atoms with Crippen molar-refractivity contribution in [3.63, 3.8) is 0 Å². The molecule has 0 saturated carbocycles. The van der Waals surface area contributed by atoms with Crippen LogP contribution in [0.5, 0.6) is 11.5 Å². The Morgan fingerprint density at radius 3 is 2.23 bits per heavy atom. The first kappa shape index (κ1) is 22.1. The first-order valence-electron chi connectivity index (χ1n) is 9.78. The lowest BCUT2D eigenvalue weighted by Gasteiger charge is -2.29. The van der Waals surface area contributed by atoms with Gasteiger partial charge in [-0.25, -0.2) is 0 Å². The van der Waals surface area contributed by atoms with Crippen molar-refractivity contribution >= 4 is 23.3 Å². The molecule has 1 unspecified atom stereocenters. The highest BCUT2D eigenvalue weighted by atomic mass is 16.5. The van der Waals surface area contributed by atoms with E-state index in [1.165, 1.54) is 18.9 Å². The third kappa shape index (κ3) is 4.30. The number of hydrogen-bond acceptors (Lipinski definition) is 6. The van der Waals surface area contributed by atoms with Crippen LogP contribution in [0.1, 0.15) is 39.3 Å². The highest BCUT2D eigenvalue weighted by molar-refractivity contribution is 6.17. The minimum atomic E-state index is -0.849. The van der Waals surface area contributed by atoms with Crippen LogP contribution < -0.4 is 14.4 Å². The number of Topliss-reactive ketones (excluding diaryl/α,β-unsaturated/α-hetero) is 1. The number of carbonyl (C=O) groups excluding carboxylic acids is 3. The average molecular weight is 423 g/mol. The second-order valence-corrected chi connectivity index (χ2v) is 8.28. The van der Waals surface area contributed by atoms with Gasteiger partial charge >= 0.3 is 5.97 Å². The van der Waals surface area contributed by atoms with Crippen LogP contribution in [-0.4, -0.2) is 29.9 Å². The molecule has 0 spiro atoms. The standard InChI is InChI=1S/C24H25NO6/c1-14(26)31-17-11-9-15(10-12-17)20-19(22(28)24(2,3)4)21(27)23(29)25(20)16-7-6-8-18(13-16)30-5/h6-13,20,27H,1-5H3. The van der Waals surface area contributed by atoms with Gasteiger partial charge in [0.05, 0.1) is 18.7 Å². The maximum Gasteiger partial charge on any atom is 0.308 e. The van der Waals surface area contributed by atoms with Crippen molar-refractivity contribution in [2.24, 2.45) is 5.41 Å². The number of methoxy groups -OCH3 is 1. The number of aliphatic hydroxyl groups is 1. The van der Waals surface area contributed by atoms with E-state index in [0.29, 0.717) is 22.7 Å². The Balaban J connectivity index is 2.15. The summed E-state index contributed by atoms with van der Waals surface area (Å²) in [6, 6.07) is 12.5. The maximum absolute atomic E-state index is 13.2. The molecule has 0 aromatic heterocycles. The third-order valence-corrected chi connectivity index (χ3v) is 4.92. The number of ketones is 1. The predicted octanol–water partition coefficient (Wildman–Crippen LogP) is 4.14.